The monoisotopic (exact) mass is 415 g/mol. The van der Waals surface area contributed by atoms with Gasteiger partial charge in [-0.15, -0.1) is 15.0 Å². The van der Waals surface area contributed by atoms with E-state index < -0.39 is 9.84 Å². The quantitative estimate of drug-likeness (QED) is 0.487. The minimum atomic E-state index is -3.34. The van der Waals surface area contributed by atoms with Gasteiger partial charge in [0.25, 0.3) is 0 Å². The molecule has 1 N–H and O–H groups in total. The lowest BCUT2D eigenvalue weighted by Crippen LogP contribution is -2.00. The molecule has 28 heavy (non-hydrogen) atoms. The van der Waals surface area contributed by atoms with E-state index in [1.165, 1.54) is 16.9 Å². The number of phenols is 1. The standard InChI is InChI=1S/C19H17N3O4S2/c1-28(24,25)15-4-5-16-17(11-15)21-22(20-16)18-9-13-8-14(26-6-7-27)3-2-12(13)10-19(18)23/h2-5,8-11,23,27H,6-7H2,1H3. The van der Waals surface area contributed by atoms with Gasteiger partial charge in [0.05, 0.1) is 11.5 Å². The minimum Gasteiger partial charge on any atom is -0.506 e. The van der Waals surface area contributed by atoms with E-state index in [1.807, 2.05) is 18.2 Å². The zero-order valence-corrected chi connectivity index (χ0v) is 16.6. The van der Waals surface area contributed by atoms with Crippen molar-refractivity contribution in [3.8, 4) is 17.2 Å². The Balaban J connectivity index is 1.81. The van der Waals surface area contributed by atoms with Crippen LogP contribution in [0, 0.1) is 0 Å². The smallest absolute Gasteiger partial charge is 0.175 e. The highest BCUT2D eigenvalue weighted by Crippen LogP contribution is 2.30. The molecule has 1 aromatic heterocycles. The first-order valence-corrected chi connectivity index (χ1v) is 11.0. The van der Waals surface area contributed by atoms with E-state index in [4.69, 9.17) is 4.74 Å². The molecule has 0 fully saturated rings. The van der Waals surface area contributed by atoms with Gasteiger partial charge in [-0.25, -0.2) is 8.42 Å². The summed E-state index contributed by atoms with van der Waals surface area (Å²) < 4.78 is 29.1. The molecule has 4 aromatic rings. The van der Waals surface area contributed by atoms with E-state index >= 15 is 0 Å². The number of phenolic OH excluding ortho intramolecular Hbond substituents is 1. The van der Waals surface area contributed by atoms with Crippen LogP contribution in [-0.2, 0) is 9.84 Å². The molecule has 4 rings (SSSR count). The maximum Gasteiger partial charge on any atom is 0.175 e. The second-order valence-electron chi connectivity index (χ2n) is 6.33. The summed E-state index contributed by atoms with van der Waals surface area (Å²) in [6, 6.07) is 13.5. The maximum absolute atomic E-state index is 11.7. The molecule has 0 aliphatic carbocycles. The minimum absolute atomic E-state index is 0.0140. The second kappa shape index (κ2) is 6.99. The van der Waals surface area contributed by atoms with Crippen molar-refractivity contribution in [2.75, 3.05) is 18.6 Å². The topological polar surface area (TPSA) is 94.3 Å². The van der Waals surface area contributed by atoms with Crippen LogP contribution >= 0.6 is 12.6 Å². The fourth-order valence-electron chi connectivity index (χ4n) is 2.90. The number of aromatic nitrogens is 3. The SMILES string of the molecule is CS(=O)(=O)c1ccc2nn(-c3cc4cc(OCCS)ccc4cc3O)nc2c1. The molecule has 144 valence electrons. The van der Waals surface area contributed by atoms with E-state index in [0.29, 0.717) is 34.8 Å². The van der Waals surface area contributed by atoms with Crippen molar-refractivity contribution in [2.45, 2.75) is 4.90 Å². The Morgan fingerprint density at radius 1 is 1.04 bits per heavy atom. The third kappa shape index (κ3) is 3.50. The summed E-state index contributed by atoms with van der Waals surface area (Å²) in [5.41, 5.74) is 1.34. The molecule has 3 aromatic carbocycles. The van der Waals surface area contributed by atoms with Crippen molar-refractivity contribution >= 4 is 44.3 Å². The number of sulfone groups is 1. The van der Waals surface area contributed by atoms with Gasteiger partial charge in [0, 0.05) is 12.0 Å². The Labute approximate surface area is 166 Å². The van der Waals surface area contributed by atoms with Crippen LogP contribution < -0.4 is 4.74 Å². The van der Waals surface area contributed by atoms with Gasteiger partial charge in [0.2, 0.25) is 0 Å². The molecule has 0 aliphatic rings. The lowest BCUT2D eigenvalue weighted by molar-refractivity contribution is 0.345. The molecular formula is C19H17N3O4S2. The van der Waals surface area contributed by atoms with E-state index in [-0.39, 0.29) is 10.6 Å². The van der Waals surface area contributed by atoms with Gasteiger partial charge in [-0.3, -0.25) is 0 Å². The highest BCUT2D eigenvalue weighted by molar-refractivity contribution is 7.90. The lowest BCUT2D eigenvalue weighted by Gasteiger charge is -2.08. The van der Waals surface area contributed by atoms with Crippen molar-refractivity contribution in [3.63, 3.8) is 0 Å². The average Bonchev–Trinajstić information content (AvgIpc) is 3.08. The number of aromatic hydroxyl groups is 1. The van der Waals surface area contributed by atoms with Crippen LogP contribution in [0.2, 0.25) is 0 Å². The van der Waals surface area contributed by atoms with Crippen LogP contribution in [0.4, 0.5) is 0 Å². The number of ether oxygens (including phenoxy) is 1. The molecule has 0 bridgehead atoms. The average molecular weight is 415 g/mol. The molecule has 0 unspecified atom stereocenters. The third-order valence-electron chi connectivity index (χ3n) is 4.26. The van der Waals surface area contributed by atoms with Crippen molar-refractivity contribution < 1.29 is 18.3 Å². The number of rotatable bonds is 5. The fraction of sp³-hybridized carbons (Fsp3) is 0.158. The van der Waals surface area contributed by atoms with Crippen LogP contribution in [0.25, 0.3) is 27.5 Å². The van der Waals surface area contributed by atoms with Crippen LogP contribution in [0.5, 0.6) is 11.5 Å². The first-order valence-electron chi connectivity index (χ1n) is 8.43. The zero-order chi connectivity index (χ0) is 19.9. The molecule has 0 spiro atoms. The summed E-state index contributed by atoms with van der Waals surface area (Å²) >= 11 is 4.14. The molecule has 0 atom stereocenters. The predicted molar refractivity (Wildman–Crippen MR) is 110 cm³/mol. The van der Waals surface area contributed by atoms with Gasteiger partial charge in [0.15, 0.2) is 9.84 Å². The summed E-state index contributed by atoms with van der Waals surface area (Å²) in [4.78, 5) is 1.47. The van der Waals surface area contributed by atoms with Gasteiger partial charge in [-0.2, -0.15) is 12.6 Å². The number of hydrogen-bond acceptors (Lipinski definition) is 7. The number of thiol groups is 1. The third-order valence-corrected chi connectivity index (χ3v) is 5.55. The normalized spacial score (nSPS) is 11.9. The van der Waals surface area contributed by atoms with Gasteiger partial charge in [-0.1, -0.05) is 6.07 Å². The van der Waals surface area contributed by atoms with E-state index in [1.54, 1.807) is 18.2 Å². The number of benzene rings is 3. The lowest BCUT2D eigenvalue weighted by atomic mass is 10.1. The highest BCUT2D eigenvalue weighted by Gasteiger charge is 2.14. The van der Waals surface area contributed by atoms with Gasteiger partial charge >= 0.3 is 0 Å². The number of hydrogen-bond donors (Lipinski definition) is 2. The summed E-state index contributed by atoms with van der Waals surface area (Å²) in [6.07, 6.45) is 1.14. The summed E-state index contributed by atoms with van der Waals surface area (Å²) in [5, 5.41) is 20.8. The van der Waals surface area contributed by atoms with Crippen LogP contribution in [-0.4, -0.2) is 47.1 Å². The molecular weight excluding hydrogens is 398 g/mol. The van der Waals surface area contributed by atoms with Crippen molar-refractivity contribution in [2.24, 2.45) is 0 Å². The molecule has 0 saturated carbocycles. The van der Waals surface area contributed by atoms with Gasteiger partial charge in [0.1, 0.15) is 28.2 Å². The molecule has 7 nitrogen and oxygen atoms in total. The Morgan fingerprint density at radius 2 is 1.82 bits per heavy atom. The van der Waals surface area contributed by atoms with Crippen molar-refractivity contribution in [1.82, 2.24) is 15.0 Å². The van der Waals surface area contributed by atoms with Crippen molar-refractivity contribution in [1.29, 1.82) is 0 Å². The second-order valence-corrected chi connectivity index (χ2v) is 8.80. The number of fused-ring (bicyclic) bond motifs is 2. The zero-order valence-electron chi connectivity index (χ0n) is 14.9. The fourth-order valence-corrected chi connectivity index (χ4v) is 3.63. The maximum atomic E-state index is 11.7. The summed E-state index contributed by atoms with van der Waals surface area (Å²) in [5.74, 6) is 1.33. The Hall–Kier alpha value is -2.78. The van der Waals surface area contributed by atoms with E-state index in [0.717, 1.165) is 17.0 Å². The summed E-state index contributed by atoms with van der Waals surface area (Å²) in [6.45, 7) is 0.494. The molecule has 9 heteroatoms. The Bertz CT molecular complexity index is 1300. The largest absolute Gasteiger partial charge is 0.506 e. The van der Waals surface area contributed by atoms with E-state index in [2.05, 4.69) is 22.8 Å². The van der Waals surface area contributed by atoms with Gasteiger partial charge < -0.3 is 9.84 Å². The van der Waals surface area contributed by atoms with Crippen LogP contribution in [0.3, 0.4) is 0 Å². The van der Waals surface area contributed by atoms with Crippen molar-refractivity contribution in [3.05, 3.63) is 48.5 Å². The Morgan fingerprint density at radius 3 is 2.57 bits per heavy atom. The molecule has 0 radical (unpaired) electrons. The highest BCUT2D eigenvalue weighted by atomic mass is 32.2. The van der Waals surface area contributed by atoms with Crippen LogP contribution in [0.15, 0.2) is 53.4 Å². The predicted octanol–water partition coefficient (Wildman–Crippen LogP) is 2.99. The number of nitrogens with zero attached hydrogens (tertiary/aromatic N) is 3. The molecule has 1 heterocycles. The molecule has 0 aliphatic heterocycles. The Kier molecular flexibility index (Phi) is 4.64. The van der Waals surface area contributed by atoms with E-state index in [9.17, 15) is 13.5 Å². The first-order chi connectivity index (χ1) is 13.3. The molecule has 0 amide bonds. The van der Waals surface area contributed by atoms with Gasteiger partial charge in [-0.05, 0) is 53.2 Å². The van der Waals surface area contributed by atoms with Crippen LogP contribution in [0.1, 0.15) is 0 Å². The molecule has 0 saturated heterocycles. The first kappa shape index (κ1) is 18.6. The summed E-state index contributed by atoms with van der Waals surface area (Å²) in [7, 11) is -3.34.